The van der Waals surface area contributed by atoms with Gasteiger partial charge in [-0.3, -0.25) is 9.59 Å². The van der Waals surface area contributed by atoms with Crippen LogP contribution in [0, 0.1) is 11.8 Å². The van der Waals surface area contributed by atoms with Crippen LogP contribution in [0.3, 0.4) is 0 Å². The van der Waals surface area contributed by atoms with E-state index in [1.807, 2.05) is 53.2 Å². The lowest BCUT2D eigenvalue weighted by molar-refractivity contribution is -0.142. The van der Waals surface area contributed by atoms with E-state index in [0.717, 1.165) is 70.4 Å². The number of hydrogen-bond donors (Lipinski definition) is 1. The highest BCUT2D eigenvalue weighted by Crippen LogP contribution is 2.34. The van der Waals surface area contributed by atoms with E-state index >= 15 is 0 Å². The largest absolute Gasteiger partial charge is 0.379 e. The first kappa shape index (κ1) is 31.2. The first-order valence-corrected chi connectivity index (χ1v) is 14.8. The molecule has 0 aromatic heterocycles. The second kappa shape index (κ2) is 14.4. The van der Waals surface area contributed by atoms with Gasteiger partial charge in [-0.05, 0) is 80.5 Å². The number of nitrogens with zero attached hydrogens (tertiary/aromatic N) is 3. The number of rotatable bonds is 7. The molecule has 3 aliphatic rings. The summed E-state index contributed by atoms with van der Waals surface area (Å²) in [7, 11) is 1.87. The first-order chi connectivity index (χ1) is 19.6. The molecule has 0 radical (unpaired) electrons. The number of likely N-dealkylation sites (tertiary alicyclic amines) is 1. The highest BCUT2D eigenvalue weighted by atomic mass is 35.5. The van der Waals surface area contributed by atoms with Gasteiger partial charge in [0.1, 0.15) is 0 Å². The van der Waals surface area contributed by atoms with Crippen molar-refractivity contribution in [2.75, 3.05) is 38.1 Å². The maximum Gasteiger partial charge on any atom is 0.379 e. The molecule has 1 N–H and O–H groups in total. The number of aliphatic hydroxyl groups excluding tert-OH is 1. The van der Waals surface area contributed by atoms with Crippen LogP contribution >= 0.6 is 11.6 Å². The van der Waals surface area contributed by atoms with E-state index in [9.17, 15) is 27.9 Å². The van der Waals surface area contributed by atoms with Crippen molar-refractivity contribution < 1.29 is 27.9 Å². The lowest BCUT2D eigenvalue weighted by Crippen LogP contribution is -2.42. The predicted octanol–water partition coefficient (Wildman–Crippen LogP) is 6.33. The van der Waals surface area contributed by atoms with E-state index in [4.69, 9.17) is 11.6 Å². The Labute approximate surface area is 245 Å². The summed E-state index contributed by atoms with van der Waals surface area (Å²) < 4.78 is 29.0. The molecule has 2 aromatic rings. The number of benzene rings is 2. The molecule has 0 unspecified atom stereocenters. The summed E-state index contributed by atoms with van der Waals surface area (Å²) in [6, 6.07) is 15.4. The summed E-state index contributed by atoms with van der Waals surface area (Å²) in [6.07, 6.45) is 6.62. The zero-order valence-corrected chi connectivity index (χ0v) is 24.2. The van der Waals surface area contributed by atoms with Crippen molar-refractivity contribution >= 4 is 29.1 Å². The van der Waals surface area contributed by atoms with Crippen molar-refractivity contribution in [1.82, 2.24) is 9.80 Å². The molecule has 2 saturated heterocycles. The molecule has 3 fully saturated rings. The monoisotopic (exact) mass is 593 g/mol. The standard InChI is InChI=1S/C30H38ClN3O3.CHF3/c1-32(24-7-8-24)29(36)26-10-9-25(20-27(26)31)33-15-11-21(12-16-33)19-22-13-17-34(18-14-22)30(37)28(35)23-5-3-2-4-6-23;2-1(3)4/h2-6,9-10,20-22,24,28,35H,7-8,11-19H2,1H3;1H/t28-;/m1./s1. The summed E-state index contributed by atoms with van der Waals surface area (Å²) in [5.74, 6) is 1.17. The number of halogens is 4. The molecule has 0 spiro atoms. The highest BCUT2D eigenvalue weighted by molar-refractivity contribution is 6.34. The second-order valence-electron chi connectivity index (χ2n) is 11.3. The second-order valence-corrected chi connectivity index (χ2v) is 11.7. The van der Waals surface area contributed by atoms with E-state index in [1.165, 1.54) is 6.42 Å². The van der Waals surface area contributed by atoms with Crippen LogP contribution in [-0.4, -0.2) is 72.7 Å². The van der Waals surface area contributed by atoms with Crippen molar-refractivity contribution in [2.24, 2.45) is 11.8 Å². The number of anilines is 1. The molecule has 224 valence electrons. The molecule has 1 saturated carbocycles. The molecule has 6 nitrogen and oxygen atoms in total. The number of carbonyl (C=O) groups is 2. The third-order valence-corrected chi connectivity index (χ3v) is 8.83. The molecule has 1 atom stereocenters. The number of aliphatic hydroxyl groups is 1. The topological polar surface area (TPSA) is 64.1 Å². The summed E-state index contributed by atoms with van der Waals surface area (Å²) in [4.78, 5) is 31.5. The van der Waals surface area contributed by atoms with Gasteiger partial charge in [-0.15, -0.1) is 0 Å². The molecular weight excluding hydrogens is 555 g/mol. The molecule has 5 rings (SSSR count). The molecule has 0 bridgehead atoms. The Morgan fingerprint density at radius 2 is 1.49 bits per heavy atom. The van der Waals surface area contributed by atoms with Gasteiger partial charge in [0.2, 0.25) is 0 Å². The van der Waals surface area contributed by atoms with Crippen molar-refractivity contribution in [3.05, 3.63) is 64.7 Å². The average molecular weight is 594 g/mol. The van der Waals surface area contributed by atoms with Crippen LogP contribution in [0.5, 0.6) is 0 Å². The SMILES string of the molecule is CN(C(=O)c1ccc(N2CCC(CC3CCN(C(=O)[C@H](O)c4ccccc4)CC3)CC2)cc1Cl)C1CC1.FC(F)F. The van der Waals surface area contributed by atoms with E-state index in [1.54, 1.807) is 12.1 Å². The number of amides is 2. The van der Waals surface area contributed by atoms with Crippen LogP contribution in [0.15, 0.2) is 48.5 Å². The fourth-order valence-electron chi connectivity index (χ4n) is 5.93. The minimum absolute atomic E-state index is 0.0140. The van der Waals surface area contributed by atoms with E-state index in [-0.39, 0.29) is 11.8 Å². The van der Waals surface area contributed by atoms with Crippen molar-refractivity contribution in [3.63, 3.8) is 0 Å². The minimum Gasteiger partial charge on any atom is -0.378 e. The van der Waals surface area contributed by atoms with Crippen LogP contribution in [0.4, 0.5) is 18.9 Å². The van der Waals surface area contributed by atoms with Gasteiger partial charge in [0.05, 0.1) is 10.6 Å². The lowest BCUT2D eigenvalue weighted by Gasteiger charge is -2.38. The van der Waals surface area contributed by atoms with E-state index < -0.39 is 12.8 Å². The fourth-order valence-corrected chi connectivity index (χ4v) is 6.19. The molecule has 2 heterocycles. The zero-order valence-electron chi connectivity index (χ0n) is 23.4. The molecule has 2 amide bonds. The molecule has 10 heteroatoms. The quantitative estimate of drug-likeness (QED) is 0.407. The van der Waals surface area contributed by atoms with Crippen molar-refractivity contribution in [1.29, 1.82) is 0 Å². The Bertz CT molecular complexity index is 1150. The minimum atomic E-state index is -3.67. The Kier molecular flexibility index (Phi) is 10.9. The van der Waals surface area contributed by atoms with Crippen LogP contribution < -0.4 is 4.90 Å². The van der Waals surface area contributed by atoms with Gasteiger partial charge in [0, 0.05) is 45.0 Å². The predicted molar refractivity (Wildman–Crippen MR) is 154 cm³/mol. The van der Waals surface area contributed by atoms with E-state index in [0.29, 0.717) is 34.0 Å². The normalized spacial score (nSPS) is 19.0. The van der Waals surface area contributed by atoms with Crippen LogP contribution in [0.2, 0.25) is 5.02 Å². The molecule has 41 heavy (non-hydrogen) atoms. The van der Waals surface area contributed by atoms with Gasteiger partial charge in [0.15, 0.2) is 6.10 Å². The van der Waals surface area contributed by atoms with Crippen LogP contribution in [0.1, 0.15) is 67.0 Å². The molecular formula is C31H39ClF3N3O3. The van der Waals surface area contributed by atoms with Crippen LogP contribution in [-0.2, 0) is 4.79 Å². The first-order valence-electron chi connectivity index (χ1n) is 14.4. The fraction of sp³-hybridized carbons (Fsp3) is 0.548. The summed E-state index contributed by atoms with van der Waals surface area (Å²) >= 11 is 6.54. The van der Waals surface area contributed by atoms with Crippen LogP contribution in [0.25, 0.3) is 0 Å². The summed E-state index contributed by atoms with van der Waals surface area (Å²) in [6.45, 7) is -0.217. The number of alkyl halides is 3. The highest BCUT2D eigenvalue weighted by Gasteiger charge is 2.32. The van der Waals surface area contributed by atoms with Crippen molar-refractivity contribution in [2.45, 2.75) is 63.8 Å². The van der Waals surface area contributed by atoms with Gasteiger partial charge < -0.3 is 19.8 Å². The Balaban J connectivity index is 0.000000909. The average Bonchev–Trinajstić information content (AvgIpc) is 3.82. The maximum absolute atomic E-state index is 12.8. The third-order valence-electron chi connectivity index (χ3n) is 8.52. The Morgan fingerprint density at radius 1 is 0.927 bits per heavy atom. The van der Waals surface area contributed by atoms with Gasteiger partial charge in [-0.2, -0.15) is 13.2 Å². The number of piperidine rings is 2. The summed E-state index contributed by atoms with van der Waals surface area (Å²) in [5, 5.41) is 11.0. The van der Waals surface area contributed by atoms with Gasteiger partial charge in [-0.1, -0.05) is 41.9 Å². The number of hydrogen-bond acceptors (Lipinski definition) is 4. The molecule has 2 aliphatic heterocycles. The Morgan fingerprint density at radius 3 is 2.02 bits per heavy atom. The molecule has 1 aliphatic carbocycles. The van der Waals surface area contributed by atoms with Gasteiger partial charge in [0.25, 0.3) is 11.8 Å². The van der Waals surface area contributed by atoms with E-state index in [2.05, 4.69) is 4.90 Å². The lowest BCUT2D eigenvalue weighted by atomic mass is 9.82. The van der Waals surface area contributed by atoms with Gasteiger partial charge >= 0.3 is 6.68 Å². The smallest absolute Gasteiger partial charge is 0.378 e. The zero-order chi connectivity index (χ0) is 29.5. The molecule has 2 aromatic carbocycles. The van der Waals surface area contributed by atoms with Crippen molar-refractivity contribution in [3.8, 4) is 0 Å². The van der Waals surface area contributed by atoms with Gasteiger partial charge in [-0.25, -0.2) is 0 Å². The summed E-state index contributed by atoms with van der Waals surface area (Å²) in [5.41, 5.74) is 2.35. The number of carbonyl (C=O) groups excluding carboxylic acids is 2. The maximum atomic E-state index is 12.8. The third kappa shape index (κ3) is 8.61. The Hall–Kier alpha value is -2.78.